The molecule has 24 heteroatoms. The van der Waals surface area contributed by atoms with E-state index in [2.05, 4.69) is 4.33 Å². The molecule has 0 rings (SSSR count). The molecule has 0 aliphatic heterocycles. The summed E-state index contributed by atoms with van der Waals surface area (Å²) in [5.41, 5.74) is 0. The Morgan fingerprint density at radius 2 is 0.583 bits per heavy atom. The minimum atomic E-state index is -4.61. The van der Waals surface area contributed by atoms with Crippen molar-refractivity contribution in [3.63, 3.8) is 0 Å². The first-order valence-corrected chi connectivity index (χ1v) is 5.33. The molecule has 14 N–H and O–H groups in total. The Labute approximate surface area is 180 Å². The molecule has 0 heterocycles. The van der Waals surface area contributed by atoms with Crippen LogP contribution in [0.3, 0.4) is 0 Å². The third-order valence-electron chi connectivity index (χ3n) is 0.0942. The van der Waals surface area contributed by atoms with Gasteiger partial charge in [-0.1, -0.05) is 4.33 Å². The van der Waals surface area contributed by atoms with E-state index in [9.17, 15) is 0 Å². The SMILES string of the molecule is O=S(=O)(O)OO.OB(O)O.OB(O)O.OB(O)O.OB(O)O.[NaH].[NaH]. The van der Waals surface area contributed by atoms with Crippen LogP contribution in [0, 0.1) is 0 Å². The van der Waals surface area contributed by atoms with E-state index in [0.717, 1.165) is 0 Å². The van der Waals surface area contributed by atoms with E-state index in [-0.39, 0.29) is 59.1 Å². The second-order valence-corrected chi connectivity index (χ2v) is 2.89. The molecule has 0 aromatic rings. The molecular weight excluding hydrogens is 393 g/mol. The predicted octanol–water partition coefficient (Wildman–Crippen LogP) is -10.2. The fourth-order valence-corrected chi connectivity index (χ4v) is 0. The Bertz CT molecular complexity index is 231. The zero-order valence-electron chi connectivity index (χ0n) is 10.2. The molecule has 0 aliphatic rings. The molecule has 24 heavy (non-hydrogen) atoms. The molecule has 0 aliphatic carbocycles. The van der Waals surface area contributed by atoms with E-state index in [1.807, 2.05) is 0 Å². The van der Waals surface area contributed by atoms with Crippen molar-refractivity contribution in [1.29, 1.82) is 0 Å². The van der Waals surface area contributed by atoms with Crippen LogP contribution in [0.4, 0.5) is 0 Å². The molecule has 0 radical (unpaired) electrons. The first kappa shape index (κ1) is 44.8. The van der Waals surface area contributed by atoms with Gasteiger partial charge in [0.15, 0.2) is 0 Å². The molecule has 0 spiro atoms. The maximum absolute atomic E-state index is 9.08. The van der Waals surface area contributed by atoms with Gasteiger partial charge >= 0.3 is 98.8 Å². The van der Waals surface area contributed by atoms with Crippen molar-refractivity contribution in [3.8, 4) is 0 Å². The Balaban J connectivity index is -0.0000000298. The van der Waals surface area contributed by atoms with Crippen molar-refractivity contribution in [2.45, 2.75) is 0 Å². The van der Waals surface area contributed by atoms with Gasteiger partial charge in [0.05, 0.1) is 0 Å². The Kier molecular flexibility index (Phi) is 60.3. The van der Waals surface area contributed by atoms with Crippen LogP contribution in [0.25, 0.3) is 0 Å². The first-order valence-electron chi connectivity index (χ1n) is 3.96. The fourth-order valence-electron chi connectivity index (χ4n) is 0. The zero-order chi connectivity index (χ0) is 19.5. The number of rotatable bonds is 1. The fraction of sp³-hybridized carbons (Fsp3) is 0. The molecule has 17 nitrogen and oxygen atoms in total. The van der Waals surface area contributed by atoms with E-state index < -0.39 is 39.7 Å². The van der Waals surface area contributed by atoms with Gasteiger partial charge in [0, 0.05) is 0 Å². The van der Waals surface area contributed by atoms with E-state index in [4.69, 9.17) is 78.5 Å². The third kappa shape index (κ3) is 568. The van der Waals surface area contributed by atoms with Gasteiger partial charge in [0.2, 0.25) is 0 Å². The van der Waals surface area contributed by atoms with Crippen molar-refractivity contribution in [1.82, 2.24) is 0 Å². The monoisotopic (exact) mass is 410 g/mol. The summed E-state index contributed by atoms with van der Waals surface area (Å²) in [4.78, 5) is 0. The van der Waals surface area contributed by atoms with Crippen LogP contribution in [0.1, 0.15) is 0 Å². The molecule has 0 fully saturated rings. The summed E-state index contributed by atoms with van der Waals surface area (Å²) in [6.45, 7) is 0. The summed E-state index contributed by atoms with van der Waals surface area (Å²) in [5, 5.41) is 93.1. The van der Waals surface area contributed by atoms with Gasteiger partial charge in [-0.2, -0.15) is 8.42 Å². The normalized spacial score (nSPS) is 7.42. The topological polar surface area (TPSA) is 327 Å². The molecule has 0 saturated heterocycles. The second-order valence-electron chi connectivity index (χ2n) is 1.89. The predicted molar refractivity (Wildman–Crippen MR) is 79.2 cm³/mol. The van der Waals surface area contributed by atoms with Crippen molar-refractivity contribution < 1.29 is 82.8 Å². The second kappa shape index (κ2) is 32.3. The molecule has 0 unspecified atom stereocenters. The summed E-state index contributed by atoms with van der Waals surface area (Å²) < 4.78 is 28.0. The Morgan fingerprint density at radius 3 is 0.583 bits per heavy atom. The standard InChI is InChI=1S/4BH3O3.2Na.H2O5S.2H/c4*2-1(3)4;;;1-5-6(2,3)4;;/h4*2-4H;;;1H,(H,2,3,4);;. The van der Waals surface area contributed by atoms with Crippen LogP contribution in [0.15, 0.2) is 0 Å². The van der Waals surface area contributed by atoms with Crippen molar-refractivity contribution in [3.05, 3.63) is 0 Å². The number of hydrogen-bond acceptors (Lipinski definition) is 16. The van der Waals surface area contributed by atoms with Crippen LogP contribution in [-0.4, -0.2) is 167 Å². The quantitative estimate of drug-likeness (QED) is 0.0826. The van der Waals surface area contributed by atoms with Gasteiger partial charge in [0.1, 0.15) is 0 Å². The molecular formula is H16B4Na2O17S. The molecule has 0 atom stereocenters. The summed E-state index contributed by atoms with van der Waals surface area (Å²) >= 11 is 0. The van der Waals surface area contributed by atoms with Gasteiger partial charge < -0.3 is 60.3 Å². The van der Waals surface area contributed by atoms with Crippen LogP contribution < -0.4 is 0 Å². The van der Waals surface area contributed by atoms with Crippen LogP contribution in [-0.2, 0) is 14.7 Å². The van der Waals surface area contributed by atoms with Gasteiger partial charge in [-0.15, -0.1) is 0 Å². The van der Waals surface area contributed by atoms with E-state index in [0.29, 0.717) is 0 Å². The van der Waals surface area contributed by atoms with Gasteiger partial charge in [0.25, 0.3) is 0 Å². The molecule has 0 aromatic carbocycles. The zero-order valence-corrected chi connectivity index (χ0v) is 11.0. The van der Waals surface area contributed by atoms with E-state index in [1.165, 1.54) is 0 Å². The average molecular weight is 409 g/mol. The molecule has 0 aromatic heterocycles. The Hall–Kier alpha value is 1.61. The van der Waals surface area contributed by atoms with Gasteiger partial charge in [-0.25, -0.2) is 5.26 Å². The molecule has 0 bridgehead atoms. The molecule has 138 valence electrons. The molecule has 0 saturated carbocycles. The van der Waals surface area contributed by atoms with Gasteiger partial charge in [-0.05, 0) is 0 Å². The van der Waals surface area contributed by atoms with Crippen molar-refractivity contribution in [2.75, 3.05) is 0 Å². The van der Waals surface area contributed by atoms with Crippen molar-refractivity contribution >= 4 is 98.8 Å². The average Bonchev–Trinajstić information content (AvgIpc) is 2.12. The summed E-state index contributed by atoms with van der Waals surface area (Å²) in [6, 6.07) is 0. The van der Waals surface area contributed by atoms with Crippen LogP contribution in [0.5, 0.6) is 0 Å². The van der Waals surface area contributed by atoms with Crippen LogP contribution >= 0.6 is 0 Å². The summed E-state index contributed by atoms with van der Waals surface area (Å²) in [7, 11) is -13.3. The Morgan fingerprint density at radius 1 is 0.542 bits per heavy atom. The summed E-state index contributed by atoms with van der Waals surface area (Å²) in [6.07, 6.45) is 0. The first-order chi connectivity index (χ1) is 9.49. The van der Waals surface area contributed by atoms with Gasteiger partial charge in [-0.3, -0.25) is 4.55 Å². The van der Waals surface area contributed by atoms with E-state index in [1.54, 1.807) is 0 Å². The maximum atomic E-state index is 9.08. The molecule has 0 amide bonds. The third-order valence-corrected chi connectivity index (χ3v) is 0.283. The summed E-state index contributed by atoms with van der Waals surface area (Å²) in [5.74, 6) is 0. The van der Waals surface area contributed by atoms with Crippen molar-refractivity contribution in [2.24, 2.45) is 0 Å². The minimum absolute atomic E-state index is 0. The number of hydrogen-bond donors (Lipinski definition) is 14. The van der Waals surface area contributed by atoms with Crippen LogP contribution in [0.2, 0.25) is 0 Å². The van der Waals surface area contributed by atoms with E-state index >= 15 is 0 Å².